The van der Waals surface area contributed by atoms with Gasteiger partial charge in [-0.2, -0.15) is 0 Å². The van der Waals surface area contributed by atoms with Crippen LogP contribution < -0.4 is 0 Å². The number of hydrogen-bond donors (Lipinski definition) is 1. The van der Waals surface area contributed by atoms with Gasteiger partial charge in [-0.25, -0.2) is 0 Å². The van der Waals surface area contributed by atoms with Gasteiger partial charge in [0, 0.05) is 10.2 Å². The Hall–Kier alpha value is -0.645. The number of aliphatic imine (C=N–C) groups is 1. The predicted octanol–water partition coefficient (Wildman–Crippen LogP) is 2.73. The van der Waals surface area contributed by atoms with E-state index in [2.05, 4.69) is 25.7 Å². The molecule has 0 saturated carbocycles. The number of piperidine rings is 1. The molecule has 1 heterocycles. The molecule has 1 aromatic rings. The number of nitrogens with zero attached hydrogens (tertiary/aromatic N) is 2. The lowest BCUT2D eigenvalue weighted by Crippen LogP contribution is -2.43. The first kappa shape index (κ1) is 12.8. The molecule has 1 N–H and O–H groups in total. The van der Waals surface area contributed by atoms with Gasteiger partial charge in [0.2, 0.25) is 0 Å². The molecule has 1 fully saturated rings. The summed E-state index contributed by atoms with van der Waals surface area (Å²) in [5.41, 5.74) is 2.21. The van der Waals surface area contributed by atoms with E-state index in [-0.39, 0.29) is 7.05 Å². The molecule has 0 spiro atoms. The van der Waals surface area contributed by atoms with Crippen molar-refractivity contribution in [2.45, 2.75) is 19.7 Å². The first-order chi connectivity index (χ1) is 8.16. The molecule has 2 rings (SSSR count). The summed E-state index contributed by atoms with van der Waals surface area (Å²) in [6.07, 6.45) is 1.87. The Morgan fingerprint density at radius 3 is 2.53 bits per heavy atom. The molecule has 1 aliphatic rings. The topological polar surface area (TPSA) is 35.8 Å². The summed E-state index contributed by atoms with van der Waals surface area (Å²) in [5.74, 6) is 0. The molecule has 0 atom stereocenters. The Balaban J connectivity index is 2.04. The fourth-order valence-electron chi connectivity index (χ4n) is 1.98. The smallest absolute Gasteiger partial charge is 0.376 e. The minimum atomic E-state index is -0.347. The van der Waals surface area contributed by atoms with E-state index in [1.165, 1.54) is 5.71 Å². The van der Waals surface area contributed by atoms with Crippen molar-refractivity contribution in [3.63, 3.8) is 0 Å². The summed E-state index contributed by atoms with van der Waals surface area (Å²) >= 11 is 3.50. The maximum atomic E-state index is 9.48. The number of halogens is 1. The molecule has 1 aliphatic heterocycles. The Labute approximate surface area is 111 Å². The van der Waals surface area contributed by atoms with E-state index in [1.54, 1.807) is 0 Å². The van der Waals surface area contributed by atoms with E-state index in [4.69, 9.17) is 0 Å². The molecule has 0 aliphatic carbocycles. The summed E-state index contributed by atoms with van der Waals surface area (Å²) in [7, 11) is -0.347. The summed E-state index contributed by atoms with van der Waals surface area (Å²) < 4.78 is 1.03. The van der Waals surface area contributed by atoms with E-state index < -0.39 is 0 Å². The maximum absolute atomic E-state index is 9.48. The van der Waals surface area contributed by atoms with E-state index >= 15 is 0 Å². The minimum absolute atomic E-state index is 0.347. The molecule has 1 saturated heterocycles. The Morgan fingerprint density at radius 2 is 1.94 bits per heavy atom. The van der Waals surface area contributed by atoms with Crippen molar-refractivity contribution in [1.29, 1.82) is 0 Å². The van der Waals surface area contributed by atoms with Crippen LogP contribution in [0.15, 0.2) is 33.7 Å². The van der Waals surface area contributed by atoms with Gasteiger partial charge in [0.05, 0.1) is 5.69 Å². The third-order valence-electron chi connectivity index (χ3n) is 3.03. The van der Waals surface area contributed by atoms with Crippen molar-refractivity contribution in [3.05, 3.63) is 28.7 Å². The first-order valence-electron chi connectivity index (χ1n) is 5.90. The number of hydrogen-bond acceptors (Lipinski definition) is 3. The van der Waals surface area contributed by atoms with Gasteiger partial charge < -0.3 is 9.83 Å². The summed E-state index contributed by atoms with van der Waals surface area (Å²) in [4.78, 5) is 6.74. The largest absolute Gasteiger partial charge is 0.437 e. The van der Waals surface area contributed by atoms with Crippen molar-refractivity contribution in [1.82, 2.24) is 4.81 Å². The molecule has 1 aromatic carbocycles. The van der Waals surface area contributed by atoms with Gasteiger partial charge in [-0.3, -0.25) is 4.99 Å². The van der Waals surface area contributed by atoms with Crippen molar-refractivity contribution in [3.8, 4) is 0 Å². The second-order valence-electron chi connectivity index (χ2n) is 4.30. The summed E-state index contributed by atoms with van der Waals surface area (Å²) in [6.45, 7) is 3.60. The standard InChI is InChI=1S/C12H16BBrN2O/c1-13(17)16-8-6-10(7-9-16)15-12-5-3-2-4-11(12)14/h2-5,17H,6-9H2,1H3. The molecular formula is C12H16BBrN2O. The highest BCUT2D eigenvalue weighted by molar-refractivity contribution is 9.10. The van der Waals surface area contributed by atoms with Crippen LogP contribution in [0.1, 0.15) is 12.8 Å². The Morgan fingerprint density at radius 1 is 1.29 bits per heavy atom. The normalized spacial score (nSPS) is 17.0. The van der Waals surface area contributed by atoms with Crippen LogP contribution in [0.2, 0.25) is 6.82 Å². The van der Waals surface area contributed by atoms with E-state index in [1.807, 2.05) is 31.1 Å². The average Bonchev–Trinajstić information content (AvgIpc) is 2.33. The van der Waals surface area contributed by atoms with Gasteiger partial charge in [0.15, 0.2) is 0 Å². The van der Waals surface area contributed by atoms with Crippen molar-refractivity contribution in [2.24, 2.45) is 4.99 Å². The molecule has 0 amide bonds. The second-order valence-corrected chi connectivity index (χ2v) is 5.15. The SMILES string of the molecule is CB(O)N1CCC(=Nc2ccccc2Br)CC1. The first-order valence-corrected chi connectivity index (χ1v) is 6.69. The monoisotopic (exact) mass is 294 g/mol. The molecule has 3 nitrogen and oxygen atoms in total. The van der Waals surface area contributed by atoms with E-state index in [0.29, 0.717) is 0 Å². The number of benzene rings is 1. The lowest BCUT2D eigenvalue weighted by atomic mass is 9.82. The van der Waals surface area contributed by atoms with Gasteiger partial charge in [-0.1, -0.05) is 12.1 Å². The fourth-order valence-corrected chi connectivity index (χ4v) is 2.35. The van der Waals surface area contributed by atoms with Crippen molar-refractivity contribution >= 4 is 34.4 Å². The zero-order valence-corrected chi connectivity index (χ0v) is 11.5. The fraction of sp³-hybridized carbons (Fsp3) is 0.417. The van der Waals surface area contributed by atoms with Crippen molar-refractivity contribution in [2.75, 3.05) is 13.1 Å². The number of rotatable bonds is 2. The number of para-hydroxylation sites is 1. The van der Waals surface area contributed by atoms with Gasteiger partial charge in [0.25, 0.3) is 0 Å². The summed E-state index contributed by atoms with van der Waals surface area (Å²) in [6, 6.07) is 8.00. The zero-order valence-electron chi connectivity index (χ0n) is 9.93. The van der Waals surface area contributed by atoms with Crippen LogP contribution in [0.25, 0.3) is 0 Å². The van der Waals surface area contributed by atoms with Crippen LogP contribution in [0, 0.1) is 0 Å². The van der Waals surface area contributed by atoms with E-state index in [0.717, 1.165) is 36.1 Å². The molecule has 0 unspecified atom stereocenters. The quantitative estimate of drug-likeness (QED) is 0.852. The molecule has 0 aromatic heterocycles. The lowest BCUT2D eigenvalue weighted by Gasteiger charge is -2.28. The van der Waals surface area contributed by atoms with Gasteiger partial charge in [-0.15, -0.1) is 0 Å². The predicted molar refractivity (Wildman–Crippen MR) is 75.9 cm³/mol. The van der Waals surface area contributed by atoms with Crippen LogP contribution in [-0.4, -0.2) is 35.7 Å². The van der Waals surface area contributed by atoms with Crippen LogP contribution >= 0.6 is 15.9 Å². The average molecular weight is 295 g/mol. The Bertz CT molecular complexity index is 413. The second kappa shape index (κ2) is 5.80. The Kier molecular flexibility index (Phi) is 4.37. The maximum Gasteiger partial charge on any atom is 0.376 e. The third-order valence-corrected chi connectivity index (χ3v) is 3.71. The summed E-state index contributed by atoms with van der Waals surface area (Å²) in [5, 5.41) is 9.48. The minimum Gasteiger partial charge on any atom is -0.437 e. The molecule has 90 valence electrons. The van der Waals surface area contributed by atoms with Crippen LogP contribution in [0.5, 0.6) is 0 Å². The lowest BCUT2D eigenvalue weighted by molar-refractivity contribution is 0.366. The molecule has 0 bridgehead atoms. The molecular weight excluding hydrogens is 279 g/mol. The highest BCUT2D eigenvalue weighted by Crippen LogP contribution is 2.25. The van der Waals surface area contributed by atoms with Gasteiger partial charge in [0.1, 0.15) is 0 Å². The van der Waals surface area contributed by atoms with Crippen LogP contribution in [0.3, 0.4) is 0 Å². The van der Waals surface area contributed by atoms with Gasteiger partial charge in [-0.05, 0) is 60.8 Å². The third kappa shape index (κ3) is 3.41. The van der Waals surface area contributed by atoms with Gasteiger partial charge >= 0.3 is 7.05 Å². The zero-order chi connectivity index (χ0) is 12.3. The highest BCUT2D eigenvalue weighted by atomic mass is 79.9. The highest BCUT2D eigenvalue weighted by Gasteiger charge is 2.21. The molecule has 17 heavy (non-hydrogen) atoms. The van der Waals surface area contributed by atoms with Crippen LogP contribution in [-0.2, 0) is 0 Å². The van der Waals surface area contributed by atoms with E-state index in [9.17, 15) is 5.02 Å². The molecule has 5 heteroatoms. The molecule has 0 radical (unpaired) electrons. The van der Waals surface area contributed by atoms with Crippen LogP contribution in [0.4, 0.5) is 5.69 Å². The van der Waals surface area contributed by atoms with Crippen molar-refractivity contribution < 1.29 is 5.02 Å².